The molecule has 208 valence electrons. The Bertz CT molecular complexity index is 2640. The molecule has 3 heterocycles. The van der Waals surface area contributed by atoms with Crippen LogP contribution in [0.3, 0.4) is 0 Å². The van der Waals surface area contributed by atoms with Gasteiger partial charge in [-0.25, -0.2) is 15.0 Å². The monoisotopic (exact) mass is 574 g/mol. The van der Waals surface area contributed by atoms with Gasteiger partial charge in [0.1, 0.15) is 16.9 Å². The third-order valence-electron chi connectivity index (χ3n) is 8.93. The van der Waals surface area contributed by atoms with Crippen LogP contribution in [0, 0.1) is 0 Å². The molecule has 0 spiro atoms. The summed E-state index contributed by atoms with van der Waals surface area (Å²) in [5.41, 5.74) is 9.08. The van der Waals surface area contributed by atoms with E-state index in [-0.39, 0.29) is 0 Å². The van der Waals surface area contributed by atoms with E-state index in [1.807, 2.05) is 24.3 Å². The molecule has 0 saturated heterocycles. The van der Waals surface area contributed by atoms with Crippen molar-refractivity contribution in [3.63, 3.8) is 0 Å². The molecular formula is C40H22N4O. The summed E-state index contributed by atoms with van der Waals surface area (Å²) in [6.07, 6.45) is 1.76. The second kappa shape index (κ2) is 9.15. The summed E-state index contributed by atoms with van der Waals surface area (Å²) < 4.78 is 6.20. The Balaban J connectivity index is 1.27. The highest BCUT2D eigenvalue weighted by atomic mass is 16.3. The lowest BCUT2D eigenvalue weighted by Gasteiger charge is -2.12. The Morgan fingerprint density at radius 3 is 2.02 bits per heavy atom. The second-order valence-electron chi connectivity index (χ2n) is 11.4. The predicted molar refractivity (Wildman–Crippen MR) is 181 cm³/mol. The third-order valence-corrected chi connectivity index (χ3v) is 8.93. The summed E-state index contributed by atoms with van der Waals surface area (Å²) in [6.45, 7) is 0. The van der Waals surface area contributed by atoms with E-state index in [1.54, 1.807) is 6.20 Å². The molecule has 6 aromatic carbocycles. The van der Waals surface area contributed by atoms with E-state index < -0.39 is 0 Å². The van der Waals surface area contributed by atoms with Gasteiger partial charge in [0.25, 0.3) is 0 Å². The number of hydrogen-bond acceptors (Lipinski definition) is 5. The Morgan fingerprint density at radius 1 is 0.422 bits per heavy atom. The Hall–Kier alpha value is -6.20. The summed E-state index contributed by atoms with van der Waals surface area (Å²) >= 11 is 0. The van der Waals surface area contributed by atoms with Crippen LogP contribution in [-0.4, -0.2) is 19.9 Å². The van der Waals surface area contributed by atoms with E-state index >= 15 is 0 Å². The van der Waals surface area contributed by atoms with Crippen LogP contribution >= 0.6 is 0 Å². The number of furan rings is 1. The van der Waals surface area contributed by atoms with Crippen LogP contribution in [0.1, 0.15) is 0 Å². The maximum Gasteiger partial charge on any atom is 0.183 e. The molecule has 3 aromatic heterocycles. The molecule has 5 heteroatoms. The molecule has 1 aliphatic rings. The van der Waals surface area contributed by atoms with Crippen molar-refractivity contribution in [3.8, 4) is 56.5 Å². The van der Waals surface area contributed by atoms with Crippen molar-refractivity contribution >= 4 is 43.5 Å². The molecule has 0 atom stereocenters. The molecule has 0 aliphatic heterocycles. The van der Waals surface area contributed by atoms with Crippen molar-refractivity contribution in [2.45, 2.75) is 0 Å². The predicted octanol–water partition coefficient (Wildman–Crippen LogP) is 10.1. The van der Waals surface area contributed by atoms with Crippen molar-refractivity contribution in [3.05, 3.63) is 134 Å². The van der Waals surface area contributed by atoms with Gasteiger partial charge in [0.2, 0.25) is 0 Å². The standard InChI is InChI=1S/C40H22N4O/c1-2-9-24-22-25(17-16-23(24)8-1)38-42-39(31-19-18-30-27-11-4-3-10-26(27)28-13-7-14-29(31)35(28)30)44-40(43-38)37-36-32-12-5-6-15-33(32)45-34(36)20-21-41-37/h1-22H. The second-order valence-corrected chi connectivity index (χ2v) is 11.4. The van der Waals surface area contributed by atoms with Gasteiger partial charge in [0.15, 0.2) is 17.5 Å². The molecule has 0 bridgehead atoms. The van der Waals surface area contributed by atoms with Crippen LogP contribution in [0.5, 0.6) is 0 Å². The topological polar surface area (TPSA) is 64.7 Å². The van der Waals surface area contributed by atoms with Gasteiger partial charge in [0, 0.05) is 22.7 Å². The van der Waals surface area contributed by atoms with Gasteiger partial charge in [-0.2, -0.15) is 0 Å². The van der Waals surface area contributed by atoms with Crippen LogP contribution < -0.4 is 0 Å². The minimum Gasteiger partial charge on any atom is -0.456 e. The third kappa shape index (κ3) is 3.55. The minimum atomic E-state index is 0.506. The van der Waals surface area contributed by atoms with E-state index in [2.05, 4.69) is 103 Å². The number of para-hydroxylation sites is 1. The van der Waals surface area contributed by atoms with Gasteiger partial charge in [-0.1, -0.05) is 103 Å². The van der Waals surface area contributed by atoms with Crippen LogP contribution in [-0.2, 0) is 0 Å². The first-order valence-electron chi connectivity index (χ1n) is 15.0. The van der Waals surface area contributed by atoms with Crippen LogP contribution in [0.4, 0.5) is 0 Å². The van der Waals surface area contributed by atoms with E-state index in [0.717, 1.165) is 43.8 Å². The maximum atomic E-state index is 6.20. The Morgan fingerprint density at radius 2 is 1.11 bits per heavy atom. The number of hydrogen-bond donors (Lipinski definition) is 0. The summed E-state index contributed by atoms with van der Waals surface area (Å²) in [5, 5.41) is 6.51. The van der Waals surface area contributed by atoms with Gasteiger partial charge in [0.05, 0.1) is 5.39 Å². The zero-order valence-electron chi connectivity index (χ0n) is 23.9. The lowest BCUT2D eigenvalue weighted by Crippen LogP contribution is -2.02. The molecule has 0 saturated carbocycles. The molecule has 5 nitrogen and oxygen atoms in total. The molecular weight excluding hydrogens is 552 g/mol. The van der Waals surface area contributed by atoms with Crippen molar-refractivity contribution < 1.29 is 4.42 Å². The fourth-order valence-electron chi connectivity index (χ4n) is 6.90. The van der Waals surface area contributed by atoms with Crippen LogP contribution in [0.25, 0.3) is 100 Å². The summed E-state index contributed by atoms with van der Waals surface area (Å²) in [5.74, 6) is 1.71. The number of fused-ring (bicyclic) bond motifs is 7. The molecule has 9 aromatic rings. The first kappa shape index (κ1) is 24.3. The smallest absolute Gasteiger partial charge is 0.183 e. The Kier molecular flexibility index (Phi) is 4.93. The SMILES string of the molecule is c1ccc2c(c1)-c1cccc3c(-c4nc(-c5ccc6ccccc6c5)nc(-c5nccc6oc7ccccc7c56)n4)ccc-2c13. The normalized spacial score (nSPS) is 12.0. The maximum absolute atomic E-state index is 6.20. The number of pyridine rings is 1. The summed E-state index contributed by atoms with van der Waals surface area (Å²) in [7, 11) is 0. The lowest BCUT2D eigenvalue weighted by atomic mass is 9.98. The summed E-state index contributed by atoms with van der Waals surface area (Å²) in [4.78, 5) is 20.2. The van der Waals surface area contributed by atoms with Gasteiger partial charge in [-0.15, -0.1) is 0 Å². The fourth-order valence-corrected chi connectivity index (χ4v) is 6.90. The number of nitrogens with zero attached hydrogens (tertiary/aromatic N) is 4. The van der Waals surface area contributed by atoms with Crippen molar-refractivity contribution in [1.29, 1.82) is 0 Å². The average Bonchev–Trinajstić information content (AvgIpc) is 3.65. The van der Waals surface area contributed by atoms with Crippen molar-refractivity contribution in [1.82, 2.24) is 19.9 Å². The average molecular weight is 575 g/mol. The highest BCUT2D eigenvalue weighted by molar-refractivity contribution is 6.18. The zero-order valence-corrected chi connectivity index (χ0v) is 23.9. The van der Waals surface area contributed by atoms with E-state index in [1.165, 1.54) is 33.0 Å². The highest BCUT2D eigenvalue weighted by Gasteiger charge is 2.24. The molecule has 0 radical (unpaired) electrons. The van der Waals surface area contributed by atoms with E-state index in [9.17, 15) is 0 Å². The quantitative estimate of drug-likeness (QED) is 0.210. The fraction of sp³-hybridized carbons (Fsp3) is 0. The van der Waals surface area contributed by atoms with Gasteiger partial charge >= 0.3 is 0 Å². The van der Waals surface area contributed by atoms with Gasteiger partial charge < -0.3 is 4.42 Å². The van der Waals surface area contributed by atoms with Gasteiger partial charge in [-0.05, 0) is 68.1 Å². The molecule has 0 amide bonds. The first-order valence-corrected chi connectivity index (χ1v) is 15.0. The molecule has 0 unspecified atom stereocenters. The highest BCUT2D eigenvalue weighted by Crippen LogP contribution is 2.49. The largest absolute Gasteiger partial charge is 0.456 e. The van der Waals surface area contributed by atoms with Crippen molar-refractivity contribution in [2.24, 2.45) is 0 Å². The number of aromatic nitrogens is 4. The summed E-state index contributed by atoms with van der Waals surface area (Å²) in [6, 6.07) is 44.0. The van der Waals surface area contributed by atoms with Crippen LogP contribution in [0.15, 0.2) is 138 Å². The Labute approximate surface area is 257 Å². The van der Waals surface area contributed by atoms with Gasteiger partial charge in [-0.3, -0.25) is 4.98 Å². The first-order chi connectivity index (χ1) is 22.3. The molecule has 0 N–H and O–H groups in total. The van der Waals surface area contributed by atoms with E-state index in [0.29, 0.717) is 23.2 Å². The molecule has 1 aliphatic carbocycles. The van der Waals surface area contributed by atoms with Crippen LogP contribution in [0.2, 0.25) is 0 Å². The van der Waals surface area contributed by atoms with E-state index in [4.69, 9.17) is 24.4 Å². The molecule has 10 rings (SSSR count). The zero-order chi connectivity index (χ0) is 29.5. The lowest BCUT2D eigenvalue weighted by molar-refractivity contribution is 0.668. The molecule has 0 fully saturated rings. The minimum absolute atomic E-state index is 0.506. The number of rotatable bonds is 3. The van der Waals surface area contributed by atoms with Crippen molar-refractivity contribution in [2.75, 3.05) is 0 Å². The number of benzene rings is 6. The molecule has 45 heavy (non-hydrogen) atoms.